The topological polar surface area (TPSA) is 107 Å². The van der Waals surface area contributed by atoms with E-state index in [0.29, 0.717) is 6.42 Å². The molecule has 0 unspecified atom stereocenters. The van der Waals surface area contributed by atoms with Crippen LogP contribution in [0.3, 0.4) is 0 Å². The van der Waals surface area contributed by atoms with Crippen molar-refractivity contribution in [2.75, 3.05) is 25.2 Å². The third-order valence-corrected chi connectivity index (χ3v) is 5.40. The second kappa shape index (κ2) is 6.35. The Morgan fingerprint density at radius 3 is 2.64 bits per heavy atom. The summed E-state index contributed by atoms with van der Waals surface area (Å²) in [4.78, 5) is 24.7. The normalized spacial score (nSPS) is 19.6. The SMILES string of the molecule is CN(C(=O)COc1ccccc1C(N)=O)[C@@H]1CCS(=O)(=O)C1. The summed E-state index contributed by atoms with van der Waals surface area (Å²) in [5.74, 6) is -0.677. The fraction of sp³-hybridized carbons (Fsp3) is 0.429. The zero-order chi connectivity index (χ0) is 16.3. The maximum absolute atomic E-state index is 12.1. The molecular formula is C14H18N2O5S. The van der Waals surface area contributed by atoms with Gasteiger partial charge in [-0.05, 0) is 18.6 Å². The predicted molar refractivity (Wildman–Crippen MR) is 80.3 cm³/mol. The number of nitrogens with two attached hydrogens (primary N) is 1. The molecule has 2 amide bonds. The molecule has 1 atom stereocenters. The van der Waals surface area contributed by atoms with Gasteiger partial charge in [0.1, 0.15) is 5.75 Å². The average Bonchev–Trinajstić information content (AvgIpc) is 2.84. The van der Waals surface area contributed by atoms with Gasteiger partial charge < -0.3 is 15.4 Å². The molecule has 1 aliphatic rings. The lowest BCUT2D eigenvalue weighted by Crippen LogP contribution is -2.40. The third kappa shape index (κ3) is 3.76. The van der Waals surface area contributed by atoms with E-state index in [2.05, 4.69) is 0 Å². The second-order valence-electron chi connectivity index (χ2n) is 5.21. The lowest BCUT2D eigenvalue weighted by atomic mass is 10.2. The van der Waals surface area contributed by atoms with Gasteiger partial charge in [0.2, 0.25) is 0 Å². The van der Waals surface area contributed by atoms with Gasteiger partial charge in [-0.2, -0.15) is 0 Å². The van der Waals surface area contributed by atoms with Crippen molar-refractivity contribution in [1.29, 1.82) is 0 Å². The fourth-order valence-corrected chi connectivity index (χ4v) is 4.10. The highest BCUT2D eigenvalue weighted by molar-refractivity contribution is 7.91. The van der Waals surface area contributed by atoms with Crippen LogP contribution in [0.1, 0.15) is 16.8 Å². The first-order valence-electron chi connectivity index (χ1n) is 6.78. The maximum atomic E-state index is 12.1. The summed E-state index contributed by atoms with van der Waals surface area (Å²) in [5, 5.41) is 0. The lowest BCUT2D eigenvalue weighted by molar-refractivity contribution is -0.133. The minimum absolute atomic E-state index is 0.0207. The highest BCUT2D eigenvalue weighted by Gasteiger charge is 2.32. The van der Waals surface area contributed by atoms with Crippen LogP contribution < -0.4 is 10.5 Å². The second-order valence-corrected chi connectivity index (χ2v) is 7.44. The first-order valence-corrected chi connectivity index (χ1v) is 8.60. The van der Waals surface area contributed by atoms with Gasteiger partial charge in [-0.1, -0.05) is 12.1 Å². The molecule has 22 heavy (non-hydrogen) atoms. The molecule has 8 heteroatoms. The molecule has 2 N–H and O–H groups in total. The van der Waals surface area contributed by atoms with Gasteiger partial charge in [0.15, 0.2) is 16.4 Å². The number of benzene rings is 1. The summed E-state index contributed by atoms with van der Waals surface area (Å²) in [6, 6.07) is 6.04. The number of nitrogens with zero attached hydrogens (tertiary/aromatic N) is 1. The van der Waals surface area contributed by atoms with Crippen LogP contribution in [0.2, 0.25) is 0 Å². The Morgan fingerprint density at radius 1 is 1.36 bits per heavy atom. The van der Waals surface area contributed by atoms with Gasteiger partial charge in [-0.15, -0.1) is 0 Å². The lowest BCUT2D eigenvalue weighted by Gasteiger charge is -2.23. The van der Waals surface area contributed by atoms with E-state index in [1.807, 2.05) is 0 Å². The minimum Gasteiger partial charge on any atom is -0.483 e. The van der Waals surface area contributed by atoms with Gasteiger partial charge in [-0.3, -0.25) is 9.59 Å². The van der Waals surface area contributed by atoms with Crippen molar-refractivity contribution in [3.8, 4) is 5.75 Å². The molecule has 1 aromatic rings. The van der Waals surface area contributed by atoms with Crippen LogP contribution in [0.25, 0.3) is 0 Å². The fourth-order valence-electron chi connectivity index (χ4n) is 2.32. The summed E-state index contributed by atoms with van der Waals surface area (Å²) in [5.41, 5.74) is 5.42. The molecule has 0 bridgehead atoms. The van der Waals surface area contributed by atoms with Crippen molar-refractivity contribution in [2.45, 2.75) is 12.5 Å². The number of hydrogen-bond donors (Lipinski definition) is 1. The number of likely N-dealkylation sites (N-methyl/N-ethyl adjacent to an activating group) is 1. The van der Waals surface area contributed by atoms with E-state index < -0.39 is 15.7 Å². The van der Waals surface area contributed by atoms with E-state index in [0.717, 1.165) is 0 Å². The molecule has 7 nitrogen and oxygen atoms in total. The highest BCUT2D eigenvalue weighted by atomic mass is 32.2. The Balaban J connectivity index is 1.97. The summed E-state index contributed by atoms with van der Waals surface area (Å²) in [6.45, 7) is -0.280. The molecule has 1 aromatic carbocycles. The summed E-state index contributed by atoms with van der Waals surface area (Å²) in [7, 11) is -1.50. The van der Waals surface area contributed by atoms with E-state index in [4.69, 9.17) is 10.5 Å². The standard InChI is InChI=1S/C14H18N2O5S/c1-16(10-6-7-22(19,20)9-10)13(17)8-21-12-5-3-2-4-11(12)14(15)18/h2-5,10H,6-9H2,1H3,(H2,15,18)/t10-/m1/s1. The highest BCUT2D eigenvalue weighted by Crippen LogP contribution is 2.19. The maximum Gasteiger partial charge on any atom is 0.260 e. The molecule has 120 valence electrons. The monoisotopic (exact) mass is 326 g/mol. The number of hydrogen-bond acceptors (Lipinski definition) is 5. The van der Waals surface area contributed by atoms with Crippen molar-refractivity contribution in [3.05, 3.63) is 29.8 Å². The number of sulfone groups is 1. The van der Waals surface area contributed by atoms with Gasteiger partial charge in [-0.25, -0.2) is 8.42 Å². The summed E-state index contributed by atoms with van der Waals surface area (Å²) in [6.07, 6.45) is 0.433. The molecule has 1 fully saturated rings. The van der Waals surface area contributed by atoms with E-state index >= 15 is 0 Å². The van der Waals surface area contributed by atoms with Crippen LogP contribution in [0, 0.1) is 0 Å². The van der Waals surface area contributed by atoms with E-state index in [9.17, 15) is 18.0 Å². The van der Waals surface area contributed by atoms with Crippen molar-refractivity contribution in [3.63, 3.8) is 0 Å². The van der Waals surface area contributed by atoms with Crippen LogP contribution >= 0.6 is 0 Å². The van der Waals surface area contributed by atoms with Crippen LogP contribution in [0.4, 0.5) is 0 Å². The molecule has 0 aromatic heterocycles. The Hall–Kier alpha value is -2.09. The number of ether oxygens (including phenoxy) is 1. The number of para-hydroxylation sites is 1. The van der Waals surface area contributed by atoms with Crippen LogP contribution in [-0.2, 0) is 14.6 Å². The molecule has 1 heterocycles. The molecule has 0 radical (unpaired) electrons. The number of amides is 2. The minimum atomic E-state index is -3.05. The number of rotatable bonds is 5. The Bertz CT molecular complexity index is 686. The zero-order valence-corrected chi connectivity index (χ0v) is 13.0. The predicted octanol–water partition coefficient (Wildman–Crippen LogP) is -0.190. The summed E-state index contributed by atoms with van der Waals surface area (Å²) >= 11 is 0. The Kier molecular flexibility index (Phi) is 4.70. The number of carbonyl (C=O) groups excluding carboxylic acids is 2. The van der Waals surface area contributed by atoms with Crippen molar-refractivity contribution < 1.29 is 22.7 Å². The Morgan fingerprint density at radius 2 is 2.05 bits per heavy atom. The van der Waals surface area contributed by atoms with E-state index in [1.54, 1.807) is 25.2 Å². The van der Waals surface area contributed by atoms with Crippen LogP contribution in [0.5, 0.6) is 5.75 Å². The van der Waals surface area contributed by atoms with Crippen molar-refractivity contribution in [1.82, 2.24) is 4.90 Å². The first kappa shape index (κ1) is 16.3. The van der Waals surface area contributed by atoms with Crippen LogP contribution in [-0.4, -0.2) is 56.3 Å². The largest absolute Gasteiger partial charge is 0.483 e. The zero-order valence-electron chi connectivity index (χ0n) is 12.2. The van der Waals surface area contributed by atoms with Gasteiger partial charge in [0.25, 0.3) is 11.8 Å². The quantitative estimate of drug-likeness (QED) is 0.807. The third-order valence-electron chi connectivity index (χ3n) is 3.65. The molecule has 1 aliphatic heterocycles. The van der Waals surface area contributed by atoms with Gasteiger partial charge in [0.05, 0.1) is 17.1 Å². The molecule has 0 aliphatic carbocycles. The molecule has 1 saturated heterocycles. The van der Waals surface area contributed by atoms with Crippen molar-refractivity contribution in [2.24, 2.45) is 5.73 Å². The number of carbonyl (C=O) groups is 2. The smallest absolute Gasteiger partial charge is 0.260 e. The van der Waals surface area contributed by atoms with E-state index in [1.165, 1.54) is 11.0 Å². The van der Waals surface area contributed by atoms with Crippen LogP contribution in [0.15, 0.2) is 24.3 Å². The summed E-state index contributed by atoms with van der Waals surface area (Å²) < 4.78 is 28.2. The first-order chi connectivity index (χ1) is 10.3. The van der Waals surface area contributed by atoms with E-state index in [-0.39, 0.29) is 41.4 Å². The molecule has 0 spiro atoms. The molecule has 0 saturated carbocycles. The average molecular weight is 326 g/mol. The van der Waals surface area contributed by atoms with Crippen molar-refractivity contribution >= 4 is 21.7 Å². The molecule has 2 rings (SSSR count). The number of primary amides is 1. The molecular weight excluding hydrogens is 308 g/mol. The Labute approximate surface area is 129 Å². The van der Waals surface area contributed by atoms with Gasteiger partial charge in [0, 0.05) is 13.1 Å². The van der Waals surface area contributed by atoms with Gasteiger partial charge >= 0.3 is 0 Å².